The predicted octanol–water partition coefficient (Wildman–Crippen LogP) is 4.10. The molecule has 5 nitrogen and oxygen atoms in total. The summed E-state index contributed by atoms with van der Waals surface area (Å²) in [5, 5.41) is 0. The van der Waals surface area contributed by atoms with E-state index in [1.807, 2.05) is 47.4 Å². The zero-order valence-corrected chi connectivity index (χ0v) is 16.6. The van der Waals surface area contributed by atoms with Crippen molar-refractivity contribution in [2.75, 3.05) is 20.2 Å². The summed E-state index contributed by atoms with van der Waals surface area (Å²) in [5.41, 5.74) is 4.07. The number of aromatic nitrogens is 2. The molecule has 1 atom stereocenters. The number of hydrogen-bond donors (Lipinski definition) is 0. The normalized spacial score (nSPS) is 16.4. The standard InChI is InChI=1S/C24H25N3O2/c1-29-21-9-7-19(8-10-21)22-5-2-6-23(26-22)20-4-3-15-27(17-20)24(28)16-18-11-13-25-14-12-18/h2,5-14,20H,3-4,15-17H2,1H3/t20-/m0/s1. The fourth-order valence-electron chi connectivity index (χ4n) is 3.83. The quantitative estimate of drug-likeness (QED) is 0.661. The van der Waals surface area contributed by atoms with Crippen LogP contribution in [0, 0.1) is 0 Å². The van der Waals surface area contributed by atoms with Crippen molar-refractivity contribution >= 4 is 5.91 Å². The molecule has 0 spiro atoms. The summed E-state index contributed by atoms with van der Waals surface area (Å²) in [6, 6.07) is 17.9. The van der Waals surface area contributed by atoms with Crippen LogP contribution in [0.2, 0.25) is 0 Å². The molecule has 0 saturated carbocycles. The van der Waals surface area contributed by atoms with Gasteiger partial charge in [0.15, 0.2) is 0 Å². The number of piperidine rings is 1. The van der Waals surface area contributed by atoms with Gasteiger partial charge in [0.2, 0.25) is 5.91 Å². The van der Waals surface area contributed by atoms with E-state index in [0.29, 0.717) is 6.42 Å². The molecule has 0 unspecified atom stereocenters. The molecule has 1 aliphatic heterocycles. The van der Waals surface area contributed by atoms with E-state index in [-0.39, 0.29) is 11.8 Å². The Morgan fingerprint density at radius 2 is 1.90 bits per heavy atom. The van der Waals surface area contributed by atoms with Crippen molar-refractivity contribution in [1.82, 2.24) is 14.9 Å². The van der Waals surface area contributed by atoms with Gasteiger partial charge < -0.3 is 9.64 Å². The van der Waals surface area contributed by atoms with Gasteiger partial charge in [-0.1, -0.05) is 6.07 Å². The molecule has 1 aromatic carbocycles. The smallest absolute Gasteiger partial charge is 0.227 e. The van der Waals surface area contributed by atoms with E-state index in [1.165, 1.54) is 0 Å². The lowest BCUT2D eigenvalue weighted by Gasteiger charge is -2.32. The average Bonchev–Trinajstić information content (AvgIpc) is 2.80. The van der Waals surface area contributed by atoms with Crippen molar-refractivity contribution in [2.24, 2.45) is 0 Å². The number of carbonyl (C=O) groups excluding carboxylic acids is 1. The largest absolute Gasteiger partial charge is 0.497 e. The summed E-state index contributed by atoms with van der Waals surface area (Å²) in [4.78, 5) is 23.7. The predicted molar refractivity (Wildman–Crippen MR) is 113 cm³/mol. The highest BCUT2D eigenvalue weighted by molar-refractivity contribution is 5.79. The lowest BCUT2D eigenvalue weighted by molar-refractivity contribution is -0.131. The first-order valence-corrected chi connectivity index (χ1v) is 10.0. The summed E-state index contributed by atoms with van der Waals surface area (Å²) >= 11 is 0. The number of nitrogens with zero attached hydrogens (tertiary/aromatic N) is 3. The van der Waals surface area contributed by atoms with E-state index in [1.54, 1.807) is 19.5 Å². The molecular weight excluding hydrogens is 362 g/mol. The van der Waals surface area contributed by atoms with Gasteiger partial charge in [-0.15, -0.1) is 0 Å². The molecule has 3 aromatic rings. The minimum Gasteiger partial charge on any atom is -0.497 e. The summed E-state index contributed by atoms with van der Waals surface area (Å²) in [7, 11) is 1.67. The van der Waals surface area contributed by atoms with Crippen LogP contribution in [0.3, 0.4) is 0 Å². The Balaban J connectivity index is 1.47. The molecule has 1 saturated heterocycles. The highest BCUT2D eigenvalue weighted by Gasteiger charge is 2.25. The summed E-state index contributed by atoms with van der Waals surface area (Å²) < 4.78 is 5.24. The maximum atomic E-state index is 12.8. The van der Waals surface area contributed by atoms with Crippen LogP contribution in [0.15, 0.2) is 67.0 Å². The molecule has 0 radical (unpaired) electrons. The summed E-state index contributed by atoms with van der Waals surface area (Å²) in [6.45, 7) is 1.54. The Hall–Kier alpha value is -3.21. The number of hydrogen-bond acceptors (Lipinski definition) is 4. The molecule has 5 heteroatoms. The molecule has 29 heavy (non-hydrogen) atoms. The van der Waals surface area contributed by atoms with E-state index in [4.69, 9.17) is 9.72 Å². The second-order valence-electron chi connectivity index (χ2n) is 7.39. The Labute approximate surface area is 171 Å². The third-order valence-electron chi connectivity index (χ3n) is 5.45. The average molecular weight is 387 g/mol. The van der Waals surface area contributed by atoms with E-state index in [2.05, 4.69) is 17.1 Å². The van der Waals surface area contributed by atoms with Gasteiger partial charge in [-0.25, -0.2) is 0 Å². The summed E-state index contributed by atoms with van der Waals surface area (Å²) in [5.74, 6) is 1.27. The van der Waals surface area contributed by atoms with Crippen LogP contribution in [0.25, 0.3) is 11.3 Å². The van der Waals surface area contributed by atoms with Crippen molar-refractivity contribution < 1.29 is 9.53 Å². The van der Waals surface area contributed by atoms with Gasteiger partial charge in [-0.05, 0) is 66.9 Å². The van der Waals surface area contributed by atoms with Crippen molar-refractivity contribution in [3.63, 3.8) is 0 Å². The molecule has 148 valence electrons. The zero-order valence-electron chi connectivity index (χ0n) is 16.6. The molecule has 4 rings (SSSR count). The van der Waals surface area contributed by atoms with Crippen molar-refractivity contribution in [3.05, 3.63) is 78.2 Å². The molecule has 0 N–H and O–H groups in total. The molecule has 2 aromatic heterocycles. The van der Waals surface area contributed by atoms with E-state index < -0.39 is 0 Å². The molecule has 3 heterocycles. The number of methoxy groups -OCH3 is 1. The highest BCUT2D eigenvalue weighted by Crippen LogP contribution is 2.28. The van der Waals surface area contributed by atoms with Gasteiger partial charge in [0.25, 0.3) is 0 Å². The number of pyridine rings is 2. The van der Waals surface area contributed by atoms with Crippen molar-refractivity contribution in [2.45, 2.75) is 25.2 Å². The minimum absolute atomic E-state index is 0.173. The van der Waals surface area contributed by atoms with E-state index in [0.717, 1.165) is 54.2 Å². The van der Waals surface area contributed by atoms with Crippen LogP contribution in [0.1, 0.15) is 30.0 Å². The lowest BCUT2D eigenvalue weighted by atomic mass is 9.93. The van der Waals surface area contributed by atoms with E-state index >= 15 is 0 Å². The number of rotatable bonds is 5. The van der Waals surface area contributed by atoms with Crippen molar-refractivity contribution in [1.29, 1.82) is 0 Å². The number of ether oxygens (including phenoxy) is 1. The number of benzene rings is 1. The topological polar surface area (TPSA) is 55.3 Å². The van der Waals surface area contributed by atoms with Crippen LogP contribution < -0.4 is 4.74 Å². The van der Waals surface area contributed by atoms with Gasteiger partial charge in [0.1, 0.15) is 5.75 Å². The second-order valence-corrected chi connectivity index (χ2v) is 7.39. The Morgan fingerprint density at radius 3 is 2.66 bits per heavy atom. The lowest BCUT2D eigenvalue weighted by Crippen LogP contribution is -2.40. The zero-order chi connectivity index (χ0) is 20.1. The maximum absolute atomic E-state index is 12.8. The number of amides is 1. The van der Waals surface area contributed by atoms with Gasteiger partial charge in [0.05, 0.1) is 19.2 Å². The number of carbonyl (C=O) groups is 1. The molecule has 1 amide bonds. The van der Waals surface area contributed by atoms with Gasteiger partial charge in [-0.2, -0.15) is 0 Å². The third-order valence-corrected chi connectivity index (χ3v) is 5.45. The van der Waals surface area contributed by atoms with E-state index in [9.17, 15) is 4.79 Å². The summed E-state index contributed by atoms with van der Waals surface area (Å²) in [6.07, 6.45) is 5.94. The fraction of sp³-hybridized carbons (Fsp3) is 0.292. The Bertz CT molecular complexity index is 957. The molecule has 0 bridgehead atoms. The van der Waals surface area contributed by atoms with Crippen molar-refractivity contribution in [3.8, 4) is 17.0 Å². The third kappa shape index (κ3) is 4.62. The molecular formula is C24H25N3O2. The van der Waals surface area contributed by atoms with Crippen LogP contribution in [0.4, 0.5) is 0 Å². The van der Waals surface area contributed by atoms with Gasteiger partial charge in [-0.3, -0.25) is 14.8 Å². The van der Waals surface area contributed by atoms with Crippen LogP contribution in [-0.2, 0) is 11.2 Å². The highest BCUT2D eigenvalue weighted by atomic mass is 16.5. The Morgan fingerprint density at radius 1 is 1.10 bits per heavy atom. The SMILES string of the molecule is COc1ccc(-c2cccc([C@H]3CCCN(C(=O)Cc4ccncc4)C3)n2)cc1. The first-order valence-electron chi connectivity index (χ1n) is 10.0. The van der Waals surface area contributed by atoms with Crippen LogP contribution >= 0.6 is 0 Å². The molecule has 1 aliphatic rings. The molecule has 0 aliphatic carbocycles. The molecule has 1 fully saturated rings. The van der Waals surface area contributed by atoms with Crippen LogP contribution in [0.5, 0.6) is 5.75 Å². The van der Waals surface area contributed by atoms with Gasteiger partial charge in [0, 0.05) is 42.7 Å². The first kappa shape index (κ1) is 19.1. The maximum Gasteiger partial charge on any atom is 0.227 e. The first-order chi connectivity index (χ1) is 14.2. The van der Waals surface area contributed by atoms with Gasteiger partial charge >= 0.3 is 0 Å². The fourth-order valence-corrected chi connectivity index (χ4v) is 3.83. The second kappa shape index (κ2) is 8.86. The Kier molecular flexibility index (Phi) is 5.84. The monoisotopic (exact) mass is 387 g/mol. The minimum atomic E-state index is 0.173. The van der Waals surface area contributed by atoms with Crippen LogP contribution in [-0.4, -0.2) is 41.0 Å². The number of likely N-dealkylation sites (tertiary alicyclic amines) is 1.